The summed E-state index contributed by atoms with van der Waals surface area (Å²) in [4.78, 5) is 0.614. The predicted molar refractivity (Wildman–Crippen MR) is 81.0 cm³/mol. The summed E-state index contributed by atoms with van der Waals surface area (Å²) in [6.45, 7) is 12.9. The molecule has 20 heavy (non-hydrogen) atoms. The van der Waals surface area contributed by atoms with Gasteiger partial charge in [-0.05, 0) is 63.8 Å². The minimum atomic E-state index is -4.30. The van der Waals surface area contributed by atoms with E-state index in [-0.39, 0.29) is 16.7 Å². The van der Waals surface area contributed by atoms with Gasteiger partial charge in [0, 0.05) is 10.4 Å². The van der Waals surface area contributed by atoms with Gasteiger partial charge in [-0.2, -0.15) is 13.2 Å². The Labute approximate surface area is 124 Å². The molecule has 0 spiro atoms. The van der Waals surface area contributed by atoms with Gasteiger partial charge in [0.15, 0.2) is 0 Å². The number of benzene rings is 1. The molecule has 0 atom stereocenters. The van der Waals surface area contributed by atoms with Crippen molar-refractivity contribution in [3.05, 3.63) is 28.8 Å². The topological polar surface area (TPSA) is 12.0 Å². The summed E-state index contributed by atoms with van der Waals surface area (Å²) in [5, 5.41) is 0. The lowest BCUT2D eigenvalue weighted by Gasteiger charge is -2.22. The van der Waals surface area contributed by atoms with Crippen LogP contribution in [0.5, 0.6) is 0 Å². The van der Waals surface area contributed by atoms with Gasteiger partial charge in [0.05, 0.1) is 5.56 Å². The van der Waals surface area contributed by atoms with Gasteiger partial charge in [0.2, 0.25) is 0 Å². The first-order chi connectivity index (χ1) is 9.02. The largest absolute Gasteiger partial charge is 0.416 e. The zero-order valence-corrected chi connectivity index (χ0v) is 14.0. The van der Waals surface area contributed by atoms with Crippen molar-refractivity contribution in [3.63, 3.8) is 0 Å². The van der Waals surface area contributed by atoms with Gasteiger partial charge < -0.3 is 0 Å². The average Bonchev–Trinajstić information content (AvgIpc) is 2.27. The van der Waals surface area contributed by atoms with Crippen molar-refractivity contribution in [2.45, 2.75) is 65.1 Å². The maximum Gasteiger partial charge on any atom is 0.416 e. The van der Waals surface area contributed by atoms with Crippen molar-refractivity contribution in [2.24, 2.45) is 0 Å². The third kappa shape index (κ3) is 5.75. The minimum absolute atomic E-state index is 0.152. The highest BCUT2D eigenvalue weighted by Crippen LogP contribution is 2.37. The second kappa shape index (κ2) is 7.36. The smallest absolute Gasteiger partial charge is 0.255 e. The fraction of sp³-hybridized carbons (Fsp3) is 0.600. The zero-order chi connectivity index (χ0) is 16.1. The molecule has 0 saturated carbocycles. The number of aryl methyl sites for hydroxylation is 1. The van der Waals surface area contributed by atoms with Gasteiger partial charge >= 0.3 is 6.18 Å². The van der Waals surface area contributed by atoms with Crippen LogP contribution in [0.25, 0.3) is 0 Å². The Morgan fingerprint density at radius 3 is 1.90 bits per heavy atom. The number of nitrogens with one attached hydrogen (secondary N) is 1. The molecule has 0 unspecified atom stereocenters. The Bertz CT molecular complexity index is 434. The summed E-state index contributed by atoms with van der Waals surface area (Å²) >= 11 is 1.24. The van der Waals surface area contributed by atoms with Crippen molar-refractivity contribution in [1.82, 2.24) is 4.72 Å². The highest BCUT2D eigenvalue weighted by molar-refractivity contribution is 7.97. The third-order valence-corrected chi connectivity index (χ3v) is 3.75. The van der Waals surface area contributed by atoms with Crippen LogP contribution in [0.2, 0.25) is 0 Å². The van der Waals surface area contributed by atoms with Crippen molar-refractivity contribution in [3.8, 4) is 0 Å². The minimum Gasteiger partial charge on any atom is -0.255 e. The first-order valence-corrected chi connectivity index (χ1v) is 7.45. The predicted octanol–water partition coefficient (Wildman–Crippen LogP) is 5.74. The summed E-state index contributed by atoms with van der Waals surface area (Å²) < 4.78 is 41.9. The van der Waals surface area contributed by atoms with E-state index in [0.29, 0.717) is 4.90 Å². The Balaban J connectivity index is 0.00000172. The summed E-state index contributed by atoms with van der Waals surface area (Å²) in [5.41, 5.74) is -0.131. The Kier molecular flexibility index (Phi) is 7.11. The van der Waals surface area contributed by atoms with Gasteiger partial charge in [0.1, 0.15) is 0 Å². The summed E-state index contributed by atoms with van der Waals surface area (Å²) in [6.07, 6.45) is -4.30. The molecule has 1 aromatic rings. The molecule has 1 N–H and O–H groups in total. The van der Waals surface area contributed by atoms with Crippen LogP contribution in [0.1, 0.15) is 51.3 Å². The van der Waals surface area contributed by atoms with E-state index in [1.807, 2.05) is 34.6 Å². The van der Waals surface area contributed by atoms with E-state index >= 15 is 0 Å². The number of halogens is 3. The van der Waals surface area contributed by atoms with E-state index in [4.69, 9.17) is 0 Å². The number of rotatable bonds is 2. The van der Waals surface area contributed by atoms with Crippen LogP contribution in [0.4, 0.5) is 13.2 Å². The van der Waals surface area contributed by atoms with Crippen LogP contribution < -0.4 is 4.72 Å². The van der Waals surface area contributed by atoms with Gasteiger partial charge in [-0.3, -0.25) is 4.72 Å². The molecule has 0 aliphatic carbocycles. The normalized spacial score (nSPS) is 11.9. The van der Waals surface area contributed by atoms with Gasteiger partial charge in [-0.25, -0.2) is 0 Å². The molecule has 1 aromatic carbocycles. The van der Waals surface area contributed by atoms with Crippen molar-refractivity contribution in [1.29, 1.82) is 0 Å². The molecular weight excluding hydrogens is 283 g/mol. The molecule has 1 nitrogen and oxygen atoms in total. The van der Waals surface area contributed by atoms with Crippen molar-refractivity contribution in [2.75, 3.05) is 0 Å². The standard InChI is InChI=1S/C13H18F3NS.C2H6/c1-8-6-7-10(18-17-12(3,4)5)9(2)11(8)13(14,15)16;1-2/h6-7,17H,1-5H3;1-2H3. The molecule has 0 bridgehead atoms. The van der Waals surface area contributed by atoms with Crippen molar-refractivity contribution < 1.29 is 13.2 Å². The monoisotopic (exact) mass is 307 g/mol. The molecular formula is C15H24F3NS. The maximum absolute atomic E-state index is 12.9. The molecule has 1 rings (SSSR count). The van der Waals surface area contributed by atoms with Crippen LogP contribution >= 0.6 is 11.9 Å². The van der Waals surface area contributed by atoms with Crippen LogP contribution in [-0.2, 0) is 6.18 Å². The summed E-state index contributed by atoms with van der Waals surface area (Å²) in [5.74, 6) is 0. The molecule has 116 valence electrons. The molecule has 0 aromatic heterocycles. The molecule has 0 fully saturated rings. The lowest BCUT2D eigenvalue weighted by molar-refractivity contribution is -0.138. The van der Waals surface area contributed by atoms with E-state index < -0.39 is 11.7 Å². The van der Waals surface area contributed by atoms with Crippen molar-refractivity contribution >= 4 is 11.9 Å². The molecule has 0 radical (unpaired) electrons. The third-order valence-electron chi connectivity index (χ3n) is 2.37. The lowest BCUT2D eigenvalue weighted by Crippen LogP contribution is -2.30. The SMILES string of the molecule is CC.Cc1ccc(SNC(C)(C)C)c(C)c1C(F)(F)F. The second-order valence-electron chi connectivity index (χ2n) is 5.33. The van der Waals surface area contributed by atoms with Crippen LogP contribution in [0.15, 0.2) is 17.0 Å². The molecule has 5 heteroatoms. The average molecular weight is 307 g/mol. The lowest BCUT2D eigenvalue weighted by atomic mass is 10.0. The van der Waals surface area contributed by atoms with Crippen LogP contribution in [-0.4, -0.2) is 5.54 Å². The van der Waals surface area contributed by atoms with E-state index in [2.05, 4.69) is 4.72 Å². The van der Waals surface area contributed by atoms with Crippen LogP contribution in [0, 0.1) is 13.8 Å². The number of hydrogen-bond donors (Lipinski definition) is 1. The molecule has 0 aliphatic heterocycles. The highest BCUT2D eigenvalue weighted by Gasteiger charge is 2.35. The number of hydrogen-bond acceptors (Lipinski definition) is 2. The Morgan fingerprint density at radius 2 is 1.50 bits per heavy atom. The Morgan fingerprint density at radius 1 is 1.00 bits per heavy atom. The van der Waals surface area contributed by atoms with E-state index in [1.54, 1.807) is 6.07 Å². The van der Waals surface area contributed by atoms with E-state index in [1.165, 1.54) is 31.9 Å². The van der Waals surface area contributed by atoms with Gasteiger partial charge in [0.25, 0.3) is 0 Å². The second-order valence-corrected chi connectivity index (χ2v) is 6.18. The fourth-order valence-electron chi connectivity index (χ4n) is 1.58. The maximum atomic E-state index is 12.9. The quantitative estimate of drug-likeness (QED) is 0.699. The Hall–Kier alpha value is -0.680. The molecule has 0 aliphatic rings. The van der Waals surface area contributed by atoms with Crippen LogP contribution in [0.3, 0.4) is 0 Å². The summed E-state index contributed by atoms with van der Waals surface area (Å²) in [6, 6.07) is 3.24. The van der Waals surface area contributed by atoms with E-state index in [0.717, 1.165) is 0 Å². The first-order valence-electron chi connectivity index (χ1n) is 6.64. The molecule has 0 amide bonds. The highest BCUT2D eigenvalue weighted by atomic mass is 32.2. The number of alkyl halides is 3. The van der Waals surface area contributed by atoms with Gasteiger partial charge in [-0.1, -0.05) is 19.9 Å². The fourth-order valence-corrected chi connectivity index (χ4v) is 2.39. The summed E-state index contributed by atoms with van der Waals surface area (Å²) in [7, 11) is 0. The molecule has 0 saturated heterocycles. The van der Waals surface area contributed by atoms with Gasteiger partial charge in [-0.15, -0.1) is 0 Å². The first kappa shape index (κ1) is 19.3. The molecule has 0 heterocycles. The van der Waals surface area contributed by atoms with E-state index in [9.17, 15) is 13.2 Å². The zero-order valence-electron chi connectivity index (χ0n) is 13.2.